The first-order valence-electron chi connectivity index (χ1n) is 5.95. The van der Waals surface area contributed by atoms with Gasteiger partial charge in [0.1, 0.15) is 12.1 Å². The summed E-state index contributed by atoms with van der Waals surface area (Å²) in [6, 6.07) is 1.63. The van der Waals surface area contributed by atoms with Crippen molar-refractivity contribution in [2.75, 3.05) is 19.8 Å². The molecule has 21 heavy (non-hydrogen) atoms. The number of hydrogen-bond acceptors (Lipinski definition) is 5. The fraction of sp³-hybridized carbons (Fsp3) is 0.333. The van der Waals surface area contributed by atoms with Gasteiger partial charge < -0.3 is 10.0 Å². The zero-order valence-electron chi connectivity index (χ0n) is 11.4. The van der Waals surface area contributed by atoms with Gasteiger partial charge in [0.25, 0.3) is 0 Å². The summed E-state index contributed by atoms with van der Waals surface area (Å²) in [5, 5.41) is 9.64. The molecule has 0 unspecified atom stereocenters. The molecular formula is C12H13ClN4O3S. The monoisotopic (exact) mass is 328 g/mol. The van der Waals surface area contributed by atoms with Crippen molar-refractivity contribution in [2.24, 2.45) is 0 Å². The smallest absolute Gasteiger partial charge is 0.313 e. The summed E-state index contributed by atoms with van der Waals surface area (Å²) in [7, 11) is 3.30. The maximum atomic E-state index is 11.9. The fourth-order valence-electron chi connectivity index (χ4n) is 1.62. The van der Waals surface area contributed by atoms with Crippen LogP contribution in [0.1, 0.15) is 0 Å². The van der Waals surface area contributed by atoms with Crippen LogP contribution in [-0.4, -0.2) is 56.3 Å². The number of pyridine rings is 1. The Kier molecular flexibility index (Phi) is 4.69. The second-order valence-corrected chi connectivity index (χ2v) is 5.83. The lowest BCUT2D eigenvalue weighted by atomic mass is 10.4. The molecule has 2 aromatic heterocycles. The predicted octanol–water partition coefficient (Wildman–Crippen LogP) is 1.35. The van der Waals surface area contributed by atoms with Crippen molar-refractivity contribution >= 4 is 46.4 Å². The number of carboxylic acid groups (broad SMARTS) is 1. The summed E-state index contributed by atoms with van der Waals surface area (Å²) in [6.45, 7) is 0.0418. The van der Waals surface area contributed by atoms with E-state index in [1.54, 1.807) is 24.7 Å². The molecule has 0 spiro atoms. The van der Waals surface area contributed by atoms with E-state index in [2.05, 4.69) is 9.97 Å². The van der Waals surface area contributed by atoms with Gasteiger partial charge in [-0.2, -0.15) is 0 Å². The van der Waals surface area contributed by atoms with Crippen molar-refractivity contribution in [3.63, 3.8) is 0 Å². The molecule has 0 aliphatic rings. The average Bonchev–Trinajstić information content (AvgIpc) is 2.73. The van der Waals surface area contributed by atoms with Gasteiger partial charge in [-0.3, -0.25) is 14.2 Å². The Morgan fingerprint density at radius 2 is 2.19 bits per heavy atom. The van der Waals surface area contributed by atoms with Gasteiger partial charge in [0.2, 0.25) is 5.91 Å². The highest BCUT2D eigenvalue weighted by atomic mass is 35.5. The van der Waals surface area contributed by atoms with E-state index in [0.717, 1.165) is 11.8 Å². The molecule has 2 rings (SSSR count). The summed E-state index contributed by atoms with van der Waals surface area (Å²) in [5.74, 6) is -1.24. The lowest BCUT2D eigenvalue weighted by Gasteiger charge is -2.12. The van der Waals surface area contributed by atoms with Gasteiger partial charge in [-0.05, 0) is 6.07 Å². The Morgan fingerprint density at radius 3 is 2.81 bits per heavy atom. The lowest BCUT2D eigenvalue weighted by molar-refractivity contribution is -0.134. The van der Waals surface area contributed by atoms with Crippen molar-refractivity contribution in [1.29, 1.82) is 0 Å². The Hall–Kier alpha value is -1.80. The third-order valence-electron chi connectivity index (χ3n) is 2.63. The number of carbonyl (C=O) groups is 2. The van der Waals surface area contributed by atoms with E-state index in [0.29, 0.717) is 21.3 Å². The zero-order chi connectivity index (χ0) is 15.6. The standard InChI is InChI=1S/C12H13ClN4O3S/c1-16(2)9(18)5-17-11-8(3-7(13)4-14-11)15-12(17)21-6-10(19)20/h3-4H,5-6H2,1-2H3,(H,19,20). The van der Waals surface area contributed by atoms with Crippen LogP contribution >= 0.6 is 23.4 Å². The number of aliphatic carboxylic acids is 1. The third kappa shape index (κ3) is 3.64. The van der Waals surface area contributed by atoms with Gasteiger partial charge in [-0.25, -0.2) is 9.97 Å². The number of hydrogen-bond donors (Lipinski definition) is 1. The molecule has 0 aliphatic carbocycles. The van der Waals surface area contributed by atoms with Crippen molar-refractivity contribution in [1.82, 2.24) is 19.4 Å². The Balaban J connectivity index is 2.44. The molecule has 0 aliphatic heterocycles. The molecule has 2 heterocycles. The Morgan fingerprint density at radius 1 is 1.48 bits per heavy atom. The van der Waals surface area contributed by atoms with Crippen LogP contribution in [0.3, 0.4) is 0 Å². The minimum atomic E-state index is -0.955. The van der Waals surface area contributed by atoms with Crippen LogP contribution in [0.4, 0.5) is 0 Å². The van der Waals surface area contributed by atoms with Gasteiger partial charge in [0.05, 0.1) is 10.8 Å². The SMILES string of the molecule is CN(C)C(=O)Cn1c(SCC(=O)O)nc2cc(Cl)cnc21. The minimum absolute atomic E-state index is 0.0418. The van der Waals surface area contributed by atoms with Gasteiger partial charge in [-0.1, -0.05) is 23.4 Å². The van der Waals surface area contributed by atoms with Gasteiger partial charge in [-0.15, -0.1) is 0 Å². The highest BCUT2D eigenvalue weighted by molar-refractivity contribution is 7.99. The van der Waals surface area contributed by atoms with Crippen LogP contribution in [0.25, 0.3) is 11.2 Å². The van der Waals surface area contributed by atoms with Crippen LogP contribution in [0.5, 0.6) is 0 Å². The number of fused-ring (bicyclic) bond motifs is 1. The summed E-state index contributed by atoms with van der Waals surface area (Å²) in [4.78, 5) is 32.6. The van der Waals surface area contributed by atoms with Crippen LogP contribution in [0.15, 0.2) is 17.4 Å². The highest BCUT2D eigenvalue weighted by Crippen LogP contribution is 2.24. The van der Waals surface area contributed by atoms with Crippen LogP contribution in [0.2, 0.25) is 5.02 Å². The number of imidazole rings is 1. The zero-order valence-corrected chi connectivity index (χ0v) is 13.0. The lowest BCUT2D eigenvalue weighted by Crippen LogP contribution is -2.26. The highest BCUT2D eigenvalue weighted by Gasteiger charge is 2.17. The molecule has 0 saturated carbocycles. The first kappa shape index (κ1) is 15.6. The van der Waals surface area contributed by atoms with Crippen LogP contribution < -0.4 is 0 Å². The van der Waals surface area contributed by atoms with Crippen LogP contribution in [0, 0.1) is 0 Å². The predicted molar refractivity (Wildman–Crippen MR) is 79.6 cm³/mol. The van der Waals surface area contributed by atoms with Crippen molar-refractivity contribution in [2.45, 2.75) is 11.7 Å². The number of rotatable bonds is 5. The largest absolute Gasteiger partial charge is 0.481 e. The molecule has 9 heteroatoms. The van der Waals surface area contributed by atoms with Crippen molar-refractivity contribution in [3.05, 3.63) is 17.3 Å². The number of amides is 1. The summed E-state index contributed by atoms with van der Waals surface area (Å²) < 4.78 is 1.60. The molecule has 0 radical (unpaired) electrons. The van der Waals surface area contributed by atoms with E-state index >= 15 is 0 Å². The van der Waals surface area contributed by atoms with Gasteiger partial charge >= 0.3 is 5.97 Å². The Bertz CT molecular complexity index is 701. The maximum absolute atomic E-state index is 11.9. The molecule has 0 fully saturated rings. The molecule has 112 valence electrons. The maximum Gasteiger partial charge on any atom is 0.313 e. The number of nitrogens with zero attached hydrogens (tertiary/aromatic N) is 4. The number of thioether (sulfide) groups is 1. The summed E-state index contributed by atoms with van der Waals surface area (Å²) in [5.41, 5.74) is 1.03. The second kappa shape index (κ2) is 6.31. The fourth-order valence-corrected chi connectivity index (χ4v) is 2.50. The van der Waals surface area contributed by atoms with E-state index in [9.17, 15) is 9.59 Å². The van der Waals surface area contributed by atoms with Gasteiger partial charge in [0, 0.05) is 20.3 Å². The molecule has 0 bridgehead atoms. The number of carbonyl (C=O) groups excluding carboxylic acids is 1. The quantitative estimate of drug-likeness (QED) is 0.833. The summed E-state index contributed by atoms with van der Waals surface area (Å²) in [6.07, 6.45) is 1.47. The topological polar surface area (TPSA) is 88.3 Å². The van der Waals surface area contributed by atoms with E-state index in [4.69, 9.17) is 16.7 Å². The van der Waals surface area contributed by atoms with Crippen LogP contribution in [-0.2, 0) is 16.1 Å². The molecule has 7 nitrogen and oxygen atoms in total. The van der Waals surface area contributed by atoms with E-state index in [1.807, 2.05) is 0 Å². The third-order valence-corrected chi connectivity index (χ3v) is 3.80. The van der Waals surface area contributed by atoms with E-state index in [-0.39, 0.29) is 18.2 Å². The normalized spacial score (nSPS) is 10.8. The number of likely N-dealkylation sites (N-methyl/N-ethyl adjacent to an activating group) is 1. The first-order valence-corrected chi connectivity index (χ1v) is 7.31. The number of aromatic nitrogens is 3. The summed E-state index contributed by atoms with van der Waals surface area (Å²) >= 11 is 6.92. The van der Waals surface area contributed by atoms with Crippen molar-refractivity contribution < 1.29 is 14.7 Å². The van der Waals surface area contributed by atoms with E-state index < -0.39 is 5.97 Å². The molecule has 1 N–H and O–H groups in total. The van der Waals surface area contributed by atoms with E-state index in [1.165, 1.54) is 11.1 Å². The molecular weight excluding hydrogens is 316 g/mol. The molecule has 2 aromatic rings. The number of carboxylic acids is 1. The molecule has 0 aromatic carbocycles. The number of halogens is 1. The Labute approximate surface area is 129 Å². The first-order chi connectivity index (χ1) is 9.88. The molecule has 1 amide bonds. The molecule has 0 saturated heterocycles. The van der Waals surface area contributed by atoms with Gasteiger partial charge in [0.15, 0.2) is 10.8 Å². The average molecular weight is 329 g/mol. The minimum Gasteiger partial charge on any atom is -0.481 e. The van der Waals surface area contributed by atoms with Crippen molar-refractivity contribution in [3.8, 4) is 0 Å². The molecule has 0 atom stereocenters. The second-order valence-electron chi connectivity index (χ2n) is 4.45.